The highest BCUT2D eigenvalue weighted by Gasteiger charge is 2.42. The molecule has 0 saturated carbocycles. The van der Waals surface area contributed by atoms with Crippen molar-refractivity contribution in [3.63, 3.8) is 0 Å². The van der Waals surface area contributed by atoms with Crippen molar-refractivity contribution < 1.29 is 4.74 Å². The van der Waals surface area contributed by atoms with Gasteiger partial charge in [0.05, 0.1) is 22.8 Å². The Morgan fingerprint density at radius 1 is 1.21 bits per heavy atom. The lowest BCUT2D eigenvalue weighted by Crippen LogP contribution is -2.46. The molecule has 1 saturated heterocycles. The second-order valence-corrected chi connectivity index (χ2v) is 8.59. The summed E-state index contributed by atoms with van der Waals surface area (Å²) in [5.74, 6) is 2.28. The Bertz CT molecular complexity index is 1030. The number of fused-ring (bicyclic) bond motifs is 2. The summed E-state index contributed by atoms with van der Waals surface area (Å²) in [4.78, 5) is 18.3. The Morgan fingerprint density at radius 2 is 2.03 bits per heavy atom. The van der Waals surface area contributed by atoms with Crippen LogP contribution in [0.2, 0.25) is 0 Å². The Hall–Kier alpha value is -2.71. The average molecular weight is 409 g/mol. The van der Waals surface area contributed by atoms with E-state index in [4.69, 9.17) is 10.5 Å². The molecule has 0 aliphatic carbocycles. The van der Waals surface area contributed by atoms with Gasteiger partial charge in [0, 0.05) is 43.8 Å². The number of rotatable bonds is 3. The van der Waals surface area contributed by atoms with E-state index >= 15 is 0 Å². The third-order valence-corrected chi connectivity index (χ3v) is 7.03. The summed E-state index contributed by atoms with van der Waals surface area (Å²) in [5, 5.41) is 3.14. The van der Waals surface area contributed by atoms with Gasteiger partial charge in [-0.1, -0.05) is 6.07 Å². The van der Waals surface area contributed by atoms with Gasteiger partial charge in [-0.2, -0.15) is 0 Å². The molecule has 1 fully saturated rings. The Balaban J connectivity index is 1.42. The van der Waals surface area contributed by atoms with Crippen molar-refractivity contribution in [2.75, 3.05) is 42.7 Å². The molecule has 3 aromatic heterocycles. The average Bonchev–Trinajstić information content (AvgIpc) is 3.21. The predicted molar refractivity (Wildman–Crippen MR) is 116 cm³/mol. The van der Waals surface area contributed by atoms with Gasteiger partial charge in [0.2, 0.25) is 0 Å². The van der Waals surface area contributed by atoms with Crippen molar-refractivity contribution in [2.45, 2.75) is 24.9 Å². The first kappa shape index (κ1) is 18.3. The molecule has 5 rings (SSSR count). The summed E-state index contributed by atoms with van der Waals surface area (Å²) in [6.07, 6.45) is 6.29. The molecule has 29 heavy (non-hydrogen) atoms. The van der Waals surface area contributed by atoms with Crippen LogP contribution in [0, 0.1) is 0 Å². The molecule has 0 atom stereocenters. The van der Waals surface area contributed by atoms with Gasteiger partial charge in [0.15, 0.2) is 11.6 Å². The molecule has 8 heteroatoms. The van der Waals surface area contributed by atoms with E-state index in [1.54, 1.807) is 12.4 Å². The molecule has 0 amide bonds. The number of aromatic nitrogens is 3. The number of anilines is 3. The largest absolute Gasteiger partial charge is 0.384 e. The maximum Gasteiger partial charge on any atom is 0.171 e. The van der Waals surface area contributed by atoms with Crippen molar-refractivity contribution in [3.05, 3.63) is 47.1 Å². The lowest BCUT2D eigenvalue weighted by molar-refractivity contribution is -0.0757. The van der Waals surface area contributed by atoms with Gasteiger partial charge in [-0.25, -0.2) is 15.0 Å². The smallest absolute Gasteiger partial charge is 0.171 e. The lowest BCUT2D eigenvalue weighted by Gasteiger charge is -2.44. The molecule has 3 aromatic rings. The van der Waals surface area contributed by atoms with Crippen LogP contribution in [0.3, 0.4) is 0 Å². The van der Waals surface area contributed by atoms with Crippen LogP contribution in [-0.4, -0.2) is 41.7 Å². The molecule has 0 unspecified atom stereocenters. The van der Waals surface area contributed by atoms with E-state index in [-0.39, 0.29) is 5.60 Å². The van der Waals surface area contributed by atoms with Gasteiger partial charge in [0.1, 0.15) is 5.82 Å². The minimum absolute atomic E-state index is 0.221. The lowest BCUT2D eigenvalue weighted by atomic mass is 9.82. The minimum Gasteiger partial charge on any atom is -0.384 e. The van der Waals surface area contributed by atoms with Crippen LogP contribution in [-0.2, 0) is 16.8 Å². The normalized spacial score (nSPS) is 17.9. The first-order valence-corrected chi connectivity index (χ1v) is 10.7. The summed E-state index contributed by atoms with van der Waals surface area (Å²) in [5.41, 5.74) is 7.95. The zero-order chi connectivity index (χ0) is 19.8. The Kier molecular flexibility index (Phi) is 4.60. The second-order valence-electron chi connectivity index (χ2n) is 7.45. The molecular weight excluding hydrogens is 384 g/mol. The fourth-order valence-corrected chi connectivity index (χ4v) is 5.56. The number of hydrogen-bond donors (Lipinski definition) is 2. The van der Waals surface area contributed by atoms with Crippen molar-refractivity contribution in [1.82, 2.24) is 15.0 Å². The van der Waals surface area contributed by atoms with E-state index in [0.29, 0.717) is 5.82 Å². The van der Waals surface area contributed by atoms with Crippen LogP contribution in [0.25, 0.3) is 10.6 Å². The molecule has 2 aliphatic heterocycles. The van der Waals surface area contributed by atoms with Crippen molar-refractivity contribution in [1.29, 1.82) is 0 Å². The highest BCUT2D eigenvalue weighted by Crippen LogP contribution is 2.47. The first-order valence-electron chi connectivity index (χ1n) is 9.92. The quantitative estimate of drug-likeness (QED) is 0.687. The van der Waals surface area contributed by atoms with E-state index < -0.39 is 0 Å². The number of nitrogens with one attached hydrogen (secondary N) is 1. The molecule has 2 aliphatic rings. The van der Waals surface area contributed by atoms with Gasteiger partial charge < -0.3 is 20.7 Å². The summed E-state index contributed by atoms with van der Waals surface area (Å²) in [6, 6.07) is 8.08. The van der Waals surface area contributed by atoms with E-state index in [1.165, 1.54) is 15.3 Å². The summed E-state index contributed by atoms with van der Waals surface area (Å²) in [7, 11) is 1.88. The highest BCUT2D eigenvalue weighted by atomic mass is 32.1. The van der Waals surface area contributed by atoms with Crippen LogP contribution in [0.1, 0.15) is 23.3 Å². The second kappa shape index (κ2) is 7.27. The topological polar surface area (TPSA) is 89.2 Å². The highest BCUT2D eigenvalue weighted by molar-refractivity contribution is 7.15. The summed E-state index contributed by atoms with van der Waals surface area (Å²) < 4.78 is 6.43. The van der Waals surface area contributed by atoms with Gasteiger partial charge >= 0.3 is 0 Å². The van der Waals surface area contributed by atoms with E-state index in [9.17, 15) is 0 Å². The fourth-order valence-electron chi connectivity index (χ4n) is 4.36. The SMILES string of the molecule is CNc1nccnc1N1CCC2(CC1)OCCc1sc(-c3cccc(N)n3)cc12. The fraction of sp³-hybridized carbons (Fsp3) is 0.381. The number of hydrogen-bond acceptors (Lipinski definition) is 8. The molecule has 150 valence electrons. The predicted octanol–water partition coefficient (Wildman–Crippen LogP) is 3.29. The van der Waals surface area contributed by atoms with Gasteiger partial charge in [-0.3, -0.25) is 0 Å². The molecule has 5 heterocycles. The number of piperidine rings is 1. The third kappa shape index (κ3) is 3.22. The molecule has 0 bridgehead atoms. The molecule has 7 nitrogen and oxygen atoms in total. The third-order valence-electron chi connectivity index (χ3n) is 5.82. The number of nitrogens with zero attached hydrogens (tertiary/aromatic N) is 4. The maximum absolute atomic E-state index is 6.43. The van der Waals surface area contributed by atoms with E-state index in [2.05, 4.69) is 31.2 Å². The van der Waals surface area contributed by atoms with Gasteiger partial charge in [0.25, 0.3) is 0 Å². The van der Waals surface area contributed by atoms with Crippen LogP contribution in [0.4, 0.5) is 17.5 Å². The van der Waals surface area contributed by atoms with Crippen molar-refractivity contribution in [3.8, 4) is 10.6 Å². The monoisotopic (exact) mass is 408 g/mol. The van der Waals surface area contributed by atoms with Crippen LogP contribution < -0.4 is 16.0 Å². The van der Waals surface area contributed by atoms with Gasteiger partial charge in [-0.15, -0.1) is 11.3 Å². The molecule has 0 radical (unpaired) electrons. The number of thiophene rings is 1. The Morgan fingerprint density at radius 3 is 2.83 bits per heavy atom. The number of ether oxygens (including phenoxy) is 1. The Labute approximate surface area is 174 Å². The first-order chi connectivity index (χ1) is 14.2. The molecule has 1 spiro atoms. The van der Waals surface area contributed by atoms with Crippen molar-refractivity contribution >= 4 is 28.8 Å². The summed E-state index contributed by atoms with van der Waals surface area (Å²) in [6.45, 7) is 2.53. The zero-order valence-corrected chi connectivity index (χ0v) is 17.2. The minimum atomic E-state index is -0.221. The van der Waals surface area contributed by atoms with Crippen molar-refractivity contribution in [2.24, 2.45) is 0 Å². The number of nitrogen functional groups attached to an aromatic ring is 1. The van der Waals surface area contributed by atoms with Crippen LogP contribution in [0.15, 0.2) is 36.7 Å². The van der Waals surface area contributed by atoms with E-state index in [0.717, 1.165) is 56.3 Å². The zero-order valence-electron chi connectivity index (χ0n) is 16.4. The van der Waals surface area contributed by atoms with E-state index in [1.807, 2.05) is 36.6 Å². The number of nitrogens with two attached hydrogens (primary N) is 1. The molecule has 0 aromatic carbocycles. The molecular formula is C21H24N6OS. The van der Waals surface area contributed by atoms with Gasteiger partial charge in [-0.05, 0) is 36.6 Å². The van der Waals surface area contributed by atoms with Crippen LogP contribution >= 0.6 is 11.3 Å². The molecule has 3 N–H and O–H groups in total. The standard InChI is InChI=1S/C21H24N6OS/c1-23-19-20(25-9-8-24-19)27-10-6-21(7-11-27)14-13-17(29-16(14)5-12-28-21)15-3-2-4-18(22)26-15/h2-4,8-9,13H,5-7,10-12H2,1H3,(H2,22,26)(H,23,24). The van der Waals surface area contributed by atoms with Crippen LogP contribution in [0.5, 0.6) is 0 Å². The maximum atomic E-state index is 6.43. The summed E-state index contributed by atoms with van der Waals surface area (Å²) >= 11 is 1.82. The number of pyridine rings is 1.